The Bertz CT molecular complexity index is 284. The molecule has 18 heavy (non-hydrogen) atoms. The summed E-state index contributed by atoms with van der Waals surface area (Å²) in [5.74, 6) is -0.115. The van der Waals surface area contributed by atoms with Crippen molar-refractivity contribution in [2.24, 2.45) is 11.7 Å². The van der Waals surface area contributed by atoms with Crippen molar-refractivity contribution in [2.45, 2.75) is 19.3 Å². The van der Waals surface area contributed by atoms with Gasteiger partial charge < -0.3 is 20.7 Å². The van der Waals surface area contributed by atoms with Crippen LogP contribution in [-0.2, 0) is 14.3 Å². The number of nitrogens with one attached hydrogen (secondary N) is 1. The minimum Gasteiger partial charge on any atom is -0.469 e. The fourth-order valence-corrected chi connectivity index (χ4v) is 2.16. The molecule has 0 aromatic rings. The molecule has 0 saturated carbocycles. The van der Waals surface area contributed by atoms with Gasteiger partial charge in [0.1, 0.15) is 0 Å². The van der Waals surface area contributed by atoms with Crippen LogP contribution in [0.1, 0.15) is 19.3 Å². The number of methoxy groups -OCH3 is 1. The van der Waals surface area contributed by atoms with Crippen molar-refractivity contribution in [3.63, 3.8) is 0 Å². The lowest BCUT2D eigenvalue weighted by molar-refractivity contribution is -0.141. The predicted molar refractivity (Wildman–Crippen MR) is 67.9 cm³/mol. The van der Waals surface area contributed by atoms with E-state index in [4.69, 9.17) is 5.73 Å². The SMILES string of the molecule is COC(=O)CCN1CCCC(C(=O)NCCN)C1. The molecule has 6 nitrogen and oxygen atoms in total. The van der Waals surface area contributed by atoms with Gasteiger partial charge in [0.2, 0.25) is 5.91 Å². The zero-order valence-corrected chi connectivity index (χ0v) is 11.0. The number of amides is 1. The standard InChI is InChI=1S/C12H23N3O3/c1-18-11(16)4-8-15-7-2-3-10(9-15)12(17)14-6-5-13/h10H,2-9,13H2,1H3,(H,14,17). The van der Waals surface area contributed by atoms with Gasteiger partial charge in [-0.2, -0.15) is 0 Å². The van der Waals surface area contributed by atoms with Crippen LogP contribution in [0.4, 0.5) is 0 Å². The van der Waals surface area contributed by atoms with Gasteiger partial charge >= 0.3 is 5.97 Å². The Kier molecular flexibility index (Phi) is 6.67. The van der Waals surface area contributed by atoms with E-state index in [1.165, 1.54) is 7.11 Å². The zero-order chi connectivity index (χ0) is 13.4. The number of rotatable bonds is 6. The number of esters is 1. The summed E-state index contributed by atoms with van der Waals surface area (Å²) in [5.41, 5.74) is 5.35. The molecule has 1 amide bonds. The maximum Gasteiger partial charge on any atom is 0.306 e. The number of ether oxygens (including phenoxy) is 1. The summed E-state index contributed by atoms with van der Waals surface area (Å²) in [5, 5.41) is 2.82. The molecule has 1 aliphatic rings. The number of hydrogen-bond acceptors (Lipinski definition) is 5. The lowest BCUT2D eigenvalue weighted by Gasteiger charge is -2.31. The maximum absolute atomic E-state index is 11.8. The highest BCUT2D eigenvalue weighted by atomic mass is 16.5. The molecule has 1 saturated heterocycles. The Labute approximate surface area is 108 Å². The van der Waals surface area contributed by atoms with E-state index >= 15 is 0 Å². The quantitative estimate of drug-likeness (QED) is 0.617. The van der Waals surface area contributed by atoms with Crippen LogP contribution in [0.3, 0.4) is 0 Å². The van der Waals surface area contributed by atoms with Crippen molar-refractivity contribution in [2.75, 3.05) is 39.8 Å². The summed E-state index contributed by atoms with van der Waals surface area (Å²) in [6.07, 6.45) is 2.28. The molecule has 1 heterocycles. The summed E-state index contributed by atoms with van der Waals surface area (Å²) in [6, 6.07) is 0. The van der Waals surface area contributed by atoms with Crippen LogP contribution in [0.15, 0.2) is 0 Å². The van der Waals surface area contributed by atoms with Gasteiger partial charge in [-0.15, -0.1) is 0 Å². The molecule has 0 aliphatic carbocycles. The topological polar surface area (TPSA) is 84.7 Å². The fraction of sp³-hybridized carbons (Fsp3) is 0.833. The molecule has 1 fully saturated rings. The van der Waals surface area contributed by atoms with E-state index < -0.39 is 0 Å². The molecule has 3 N–H and O–H groups in total. The van der Waals surface area contributed by atoms with Crippen molar-refractivity contribution >= 4 is 11.9 Å². The largest absolute Gasteiger partial charge is 0.469 e. The van der Waals surface area contributed by atoms with Gasteiger partial charge in [0.15, 0.2) is 0 Å². The summed E-state index contributed by atoms with van der Waals surface area (Å²) in [7, 11) is 1.39. The van der Waals surface area contributed by atoms with Gasteiger partial charge in [-0.3, -0.25) is 9.59 Å². The van der Waals surface area contributed by atoms with Crippen molar-refractivity contribution in [3.8, 4) is 0 Å². The third-order valence-electron chi connectivity index (χ3n) is 3.18. The van der Waals surface area contributed by atoms with Crippen LogP contribution in [-0.4, -0.2) is 56.6 Å². The van der Waals surface area contributed by atoms with E-state index in [1.54, 1.807) is 0 Å². The van der Waals surface area contributed by atoms with Gasteiger partial charge in [0.25, 0.3) is 0 Å². The Hall–Kier alpha value is -1.14. The van der Waals surface area contributed by atoms with Crippen LogP contribution >= 0.6 is 0 Å². The highest BCUT2D eigenvalue weighted by Crippen LogP contribution is 2.16. The first-order valence-electron chi connectivity index (χ1n) is 6.44. The van der Waals surface area contributed by atoms with Crippen molar-refractivity contribution < 1.29 is 14.3 Å². The lowest BCUT2D eigenvalue weighted by atomic mass is 9.97. The van der Waals surface area contributed by atoms with E-state index in [1.807, 2.05) is 0 Å². The second-order valence-corrected chi connectivity index (χ2v) is 4.55. The summed E-state index contributed by atoms with van der Waals surface area (Å²) in [4.78, 5) is 25.0. The number of carbonyl (C=O) groups excluding carboxylic acids is 2. The minimum atomic E-state index is -0.204. The second kappa shape index (κ2) is 8.05. The van der Waals surface area contributed by atoms with Crippen LogP contribution in [0.2, 0.25) is 0 Å². The number of hydrogen-bond donors (Lipinski definition) is 2. The maximum atomic E-state index is 11.8. The average molecular weight is 257 g/mol. The normalized spacial score (nSPS) is 20.4. The molecule has 1 atom stereocenters. The first-order valence-corrected chi connectivity index (χ1v) is 6.44. The molecule has 0 aromatic carbocycles. The number of likely N-dealkylation sites (tertiary alicyclic amines) is 1. The molecular formula is C12H23N3O3. The molecule has 0 aromatic heterocycles. The Morgan fingerprint density at radius 3 is 2.94 bits per heavy atom. The third-order valence-corrected chi connectivity index (χ3v) is 3.18. The molecular weight excluding hydrogens is 234 g/mol. The molecule has 1 aliphatic heterocycles. The zero-order valence-electron chi connectivity index (χ0n) is 11.0. The van der Waals surface area contributed by atoms with Gasteiger partial charge in [0, 0.05) is 26.2 Å². The summed E-state index contributed by atoms with van der Waals surface area (Å²) >= 11 is 0. The lowest BCUT2D eigenvalue weighted by Crippen LogP contribution is -2.44. The monoisotopic (exact) mass is 257 g/mol. The molecule has 0 spiro atoms. The van der Waals surface area contributed by atoms with E-state index in [2.05, 4.69) is 15.0 Å². The number of carbonyl (C=O) groups is 2. The van der Waals surface area contributed by atoms with Gasteiger partial charge in [0.05, 0.1) is 19.4 Å². The number of nitrogens with two attached hydrogens (primary N) is 1. The van der Waals surface area contributed by atoms with Crippen LogP contribution < -0.4 is 11.1 Å². The van der Waals surface area contributed by atoms with E-state index in [-0.39, 0.29) is 17.8 Å². The molecule has 104 valence electrons. The number of piperidine rings is 1. The Morgan fingerprint density at radius 1 is 1.50 bits per heavy atom. The Morgan fingerprint density at radius 2 is 2.28 bits per heavy atom. The second-order valence-electron chi connectivity index (χ2n) is 4.55. The first kappa shape index (κ1) is 14.9. The smallest absolute Gasteiger partial charge is 0.306 e. The van der Waals surface area contributed by atoms with Crippen molar-refractivity contribution in [1.29, 1.82) is 0 Å². The summed E-state index contributed by atoms with van der Waals surface area (Å²) in [6.45, 7) is 3.31. The molecule has 0 radical (unpaired) electrons. The van der Waals surface area contributed by atoms with Gasteiger partial charge in [-0.05, 0) is 19.4 Å². The molecule has 0 bridgehead atoms. The highest BCUT2D eigenvalue weighted by Gasteiger charge is 2.25. The van der Waals surface area contributed by atoms with Gasteiger partial charge in [-0.1, -0.05) is 0 Å². The summed E-state index contributed by atoms with van der Waals surface area (Å²) < 4.78 is 4.61. The van der Waals surface area contributed by atoms with Crippen LogP contribution in [0.5, 0.6) is 0 Å². The van der Waals surface area contributed by atoms with E-state index in [0.29, 0.717) is 32.6 Å². The fourth-order valence-electron chi connectivity index (χ4n) is 2.16. The van der Waals surface area contributed by atoms with Gasteiger partial charge in [-0.25, -0.2) is 0 Å². The predicted octanol–water partition coefficient (Wildman–Crippen LogP) is -0.664. The van der Waals surface area contributed by atoms with E-state index in [0.717, 1.165) is 19.4 Å². The highest BCUT2D eigenvalue weighted by molar-refractivity contribution is 5.79. The van der Waals surface area contributed by atoms with Crippen molar-refractivity contribution in [3.05, 3.63) is 0 Å². The van der Waals surface area contributed by atoms with E-state index in [9.17, 15) is 9.59 Å². The molecule has 1 unspecified atom stereocenters. The Balaban J connectivity index is 2.31. The van der Waals surface area contributed by atoms with Crippen molar-refractivity contribution in [1.82, 2.24) is 10.2 Å². The average Bonchev–Trinajstić information content (AvgIpc) is 2.42. The molecule has 1 rings (SSSR count). The first-order chi connectivity index (χ1) is 8.67. The van der Waals surface area contributed by atoms with Crippen LogP contribution in [0, 0.1) is 5.92 Å². The molecule has 6 heteroatoms. The number of nitrogens with zero attached hydrogens (tertiary/aromatic N) is 1. The van der Waals surface area contributed by atoms with Crippen LogP contribution in [0.25, 0.3) is 0 Å². The third kappa shape index (κ3) is 5.01. The minimum absolute atomic E-state index is 0.0166.